The molecule has 2 aromatic rings. The molecule has 0 aliphatic carbocycles. The van der Waals surface area contributed by atoms with Crippen molar-refractivity contribution in [2.75, 3.05) is 0 Å². The molecule has 0 spiro atoms. The Bertz CT molecular complexity index is 596. The number of hydrogen-bond donors (Lipinski definition) is 0. The van der Waals surface area contributed by atoms with Crippen LogP contribution in [0.4, 0.5) is 0 Å². The van der Waals surface area contributed by atoms with E-state index in [9.17, 15) is 4.79 Å². The summed E-state index contributed by atoms with van der Waals surface area (Å²) in [5, 5.41) is 0.538. The van der Waals surface area contributed by atoms with Crippen LogP contribution in [0.3, 0.4) is 0 Å². The average Bonchev–Trinajstić information content (AvgIpc) is 2.34. The van der Waals surface area contributed by atoms with Crippen molar-refractivity contribution in [1.82, 2.24) is 4.98 Å². The molecule has 0 bridgehead atoms. The minimum Gasteiger partial charge on any atom is -0.437 e. The van der Waals surface area contributed by atoms with Crippen LogP contribution in [0.15, 0.2) is 30.5 Å². The van der Waals surface area contributed by atoms with Gasteiger partial charge in [-0.2, -0.15) is 0 Å². The first kappa shape index (κ1) is 12.6. The van der Waals surface area contributed by atoms with Gasteiger partial charge >= 0.3 is 0 Å². The van der Waals surface area contributed by atoms with Gasteiger partial charge in [0.15, 0.2) is 6.29 Å². The number of halogens is 1. The lowest BCUT2D eigenvalue weighted by molar-refractivity contribution is 0.112. The van der Waals surface area contributed by atoms with Crippen molar-refractivity contribution < 1.29 is 9.53 Å². The summed E-state index contributed by atoms with van der Waals surface area (Å²) in [5.41, 5.74) is 2.37. The standard InChI is InChI=1S/C14H12ClNO2/c1-9-3-4-13(12(15)5-9)18-14-10(2)6-11(8-17)7-16-14/h3-8H,1-2H3. The Balaban J connectivity index is 2.31. The summed E-state index contributed by atoms with van der Waals surface area (Å²) >= 11 is 6.08. The van der Waals surface area contributed by atoms with E-state index in [1.807, 2.05) is 26.0 Å². The summed E-state index contributed by atoms with van der Waals surface area (Å²) in [6.45, 7) is 3.79. The predicted octanol–water partition coefficient (Wildman–Crippen LogP) is 3.96. The number of pyridine rings is 1. The van der Waals surface area contributed by atoms with Gasteiger partial charge in [-0.3, -0.25) is 4.79 Å². The van der Waals surface area contributed by atoms with Crippen LogP contribution < -0.4 is 4.74 Å². The molecule has 1 aromatic carbocycles. The third-order valence-electron chi connectivity index (χ3n) is 2.48. The highest BCUT2D eigenvalue weighted by Crippen LogP contribution is 2.30. The quantitative estimate of drug-likeness (QED) is 0.785. The molecule has 18 heavy (non-hydrogen) atoms. The van der Waals surface area contributed by atoms with E-state index < -0.39 is 0 Å². The zero-order valence-electron chi connectivity index (χ0n) is 10.1. The summed E-state index contributed by atoms with van der Waals surface area (Å²) in [4.78, 5) is 14.7. The highest BCUT2D eigenvalue weighted by molar-refractivity contribution is 6.32. The van der Waals surface area contributed by atoms with Gasteiger partial charge in [0.05, 0.1) is 5.02 Å². The van der Waals surface area contributed by atoms with Crippen molar-refractivity contribution >= 4 is 17.9 Å². The van der Waals surface area contributed by atoms with Crippen molar-refractivity contribution in [3.63, 3.8) is 0 Å². The van der Waals surface area contributed by atoms with Gasteiger partial charge < -0.3 is 4.74 Å². The molecule has 0 fully saturated rings. The molecule has 92 valence electrons. The minimum atomic E-state index is 0.450. The summed E-state index contributed by atoms with van der Waals surface area (Å²) in [6, 6.07) is 7.26. The molecule has 0 saturated heterocycles. The van der Waals surface area contributed by atoms with E-state index in [2.05, 4.69) is 4.98 Å². The Morgan fingerprint density at radius 1 is 1.28 bits per heavy atom. The Labute approximate surface area is 110 Å². The van der Waals surface area contributed by atoms with Crippen LogP contribution in [0.5, 0.6) is 11.6 Å². The normalized spacial score (nSPS) is 10.2. The molecular weight excluding hydrogens is 250 g/mol. The molecule has 0 amide bonds. The second kappa shape index (κ2) is 5.19. The predicted molar refractivity (Wildman–Crippen MR) is 70.6 cm³/mol. The van der Waals surface area contributed by atoms with Crippen molar-refractivity contribution in [3.8, 4) is 11.6 Å². The van der Waals surface area contributed by atoms with E-state index in [0.29, 0.717) is 22.2 Å². The van der Waals surface area contributed by atoms with E-state index in [1.54, 1.807) is 12.1 Å². The SMILES string of the molecule is Cc1ccc(Oc2ncc(C=O)cc2C)c(Cl)c1. The summed E-state index contributed by atoms with van der Waals surface area (Å²) in [6.07, 6.45) is 2.22. The lowest BCUT2D eigenvalue weighted by Crippen LogP contribution is -1.94. The Kier molecular flexibility index (Phi) is 3.63. The monoisotopic (exact) mass is 261 g/mol. The molecule has 3 nitrogen and oxygen atoms in total. The van der Waals surface area contributed by atoms with E-state index in [1.165, 1.54) is 6.20 Å². The molecule has 4 heteroatoms. The van der Waals surface area contributed by atoms with Crippen molar-refractivity contribution in [2.45, 2.75) is 13.8 Å². The number of carbonyl (C=O) groups excluding carboxylic acids is 1. The first-order valence-electron chi connectivity index (χ1n) is 5.46. The maximum Gasteiger partial charge on any atom is 0.222 e. The molecule has 0 unspecified atom stereocenters. The van der Waals surface area contributed by atoms with Gasteiger partial charge in [-0.25, -0.2) is 4.98 Å². The number of ether oxygens (including phenoxy) is 1. The number of benzene rings is 1. The molecule has 0 aliphatic heterocycles. The smallest absolute Gasteiger partial charge is 0.222 e. The molecule has 1 heterocycles. The van der Waals surface area contributed by atoms with Gasteiger partial charge in [0.1, 0.15) is 5.75 Å². The Morgan fingerprint density at radius 2 is 2.06 bits per heavy atom. The van der Waals surface area contributed by atoms with E-state index in [4.69, 9.17) is 16.3 Å². The number of aromatic nitrogens is 1. The van der Waals surface area contributed by atoms with Crippen LogP contribution >= 0.6 is 11.6 Å². The highest BCUT2D eigenvalue weighted by Gasteiger charge is 2.07. The number of carbonyl (C=O) groups is 1. The van der Waals surface area contributed by atoms with Crippen molar-refractivity contribution in [2.24, 2.45) is 0 Å². The maximum absolute atomic E-state index is 10.6. The van der Waals surface area contributed by atoms with Crippen LogP contribution in [0, 0.1) is 13.8 Å². The van der Waals surface area contributed by atoms with Gasteiger partial charge in [-0.05, 0) is 37.6 Å². The third kappa shape index (κ3) is 2.68. The fraction of sp³-hybridized carbons (Fsp3) is 0.143. The summed E-state index contributed by atoms with van der Waals surface area (Å²) in [7, 11) is 0. The van der Waals surface area contributed by atoms with Crippen LogP contribution in [-0.2, 0) is 0 Å². The molecule has 0 saturated carbocycles. The molecule has 0 aliphatic rings. The lowest BCUT2D eigenvalue weighted by Gasteiger charge is -2.09. The topological polar surface area (TPSA) is 39.2 Å². The molecule has 2 rings (SSSR count). The Hall–Kier alpha value is -1.87. The fourth-order valence-electron chi connectivity index (χ4n) is 1.55. The highest BCUT2D eigenvalue weighted by atomic mass is 35.5. The van der Waals surface area contributed by atoms with E-state index in [-0.39, 0.29) is 0 Å². The van der Waals surface area contributed by atoms with Gasteiger partial charge in [0, 0.05) is 17.3 Å². The zero-order valence-corrected chi connectivity index (χ0v) is 10.9. The zero-order chi connectivity index (χ0) is 13.1. The number of aryl methyl sites for hydroxylation is 2. The molecule has 0 radical (unpaired) electrons. The second-order valence-corrected chi connectivity index (χ2v) is 4.45. The average molecular weight is 262 g/mol. The third-order valence-corrected chi connectivity index (χ3v) is 2.78. The molecule has 0 N–H and O–H groups in total. The van der Waals surface area contributed by atoms with E-state index in [0.717, 1.165) is 17.4 Å². The first-order chi connectivity index (χ1) is 8.60. The minimum absolute atomic E-state index is 0.450. The number of rotatable bonds is 3. The van der Waals surface area contributed by atoms with Gasteiger partial charge in [-0.1, -0.05) is 17.7 Å². The van der Waals surface area contributed by atoms with Gasteiger partial charge in [-0.15, -0.1) is 0 Å². The molecule has 0 atom stereocenters. The summed E-state index contributed by atoms with van der Waals surface area (Å²) < 4.78 is 5.64. The number of nitrogens with zero attached hydrogens (tertiary/aromatic N) is 1. The largest absolute Gasteiger partial charge is 0.437 e. The number of aldehydes is 1. The molecular formula is C14H12ClNO2. The van der Waals surface area contributed by atoms with Crippen LogP contribution in [0.2, 0.25) is 5.02 Å². The summed E-state index contributed by atoms with van der Waals surface area (Å²) in [5.74, 6) is 1.00. The second-order valence-electron chi connectivity index (χ2n) is 4.04. The maximum atomic E-state index is 10.6. The first-order valence-corrected chi connectivity index (χ1v) is 5.84. The van der Waals surface area contributed by atoms with E-state index >= 15 is 0 Å². The fourth-order valence-corrected chi connectivity index (χ4v) is 1.82. The van der Waals surface area contributed by atoms with Gasteiger partial charge in [0.2, 0.25) is 5.88 Å². The van der Waals surface area contributed by atoms with Crippen LogP contribution in [0.1, 0.15) is 21.5 Å². The van der Waals surface area contributed by atoms with Crippen molar-refractivity contribution in [1.29, 1.82) is 0 Å². The van der Waals surface area contributed by atoms with Crippen LogP contribution in [-0.4, -0.2) is 11.3 Å². The van der Waals surface area contributed by atoms with Crippen LogP contribution in [0.25, 0.3) is 0 Å². The number of hydrogen-bond acceptors (Lipinski definition) is 3. The van der Waals surface area contributed by atoms with Crippen molar-refractivity contribution in [3.05, 3.63) is 52.2 Å². The Morgan fingerprint density at radius 3 is 2.67 bits per heavy atom. The molecule has 1 aromatic heterocycles. The lowest BCUT2D eigenvalue weighted by atomic mass is 10.2. The van der Waals surface area contributed by atoms with Gasteiger partial charge in [0.25, 0.3) is 0 Å².